The zero-order chi connectivity index (χ0) is 14.9. The molecule has 1 unspecified atom stereocenters. The molecule has 2 rings (SSSR count). The molecule has 0 spiro atoms. The first-order valence-electron chi connectivity index (χ1n) is 7.98. The summed E-state index contributed by atoms with van der Waals surface area (Å²) in [6, 6.07) is -0.0931. The quantitative estimate of drug-likeness (QED) is 0.863. The number of nitrogens with zero attached hydrogens (tertiary/aromatic N) is 1. The SMILES string of the molecule is CC(C)CC1NC(=O)C(C)(C)N(C2CCCCC2)C1=O. The summed E-state index contributed by atoms with van der Waals surface area (Å²) in [4.78, 5) is 27.1. The highest BCUT2D eigenvalue weighted by Gasteiger charge is 2.48. The monoisotopic (exact) mass is 280 g/mol. The maximum atomic E-state index is 12.8. The lowest BCUT2D eigenvalue weighted by Crippen LogP contribution is -2.70. The Hall–Kier alpha value is -1.06. The Morgan fingerprint density at radius 3 is 2.35 bits per heavy atom. The maximum absolute atomic E-state index is 12.8. The molecule has 1 aliphatic carbocycles. The molecule has 0 bridgehead atoms. The number of piperazine rings is 1. The molecule has 4 nitrogen and oxygen atoms in total. The first-order chi connectivity index (χ1) is 9.34. The molecule has 0 aromatic heterocycles. The summed E-state index contributed by atoms with van der Waals surface area (Å²) in [5, 5.41) is 2.93. The lowest BCUT2D eigenvalue weighted by Gasteiger charge is -2.49. The third kappa shape index (κ3) is 2.84. The van der Waals surface area contributed by atoms with Gasteiger partial charge in [-0.3, -0.25) is 9.59 Å². The van der Waals surface area contributed by atoms with E-state index in [-0.39, 0.29) is 23.9 Å². The summed E-state index contributed by atoms with van der Waals surface area (Å²) in [6.07, 6.45) is 6.39. The summed E-state index contributed by atoms with van der Waals surface area (Å²) in [5.74, 6) is 0.516. The van der Waals surface area contributed by atoms with Crippen LogP contribution in [0.3, 0.4) is 0 Å². The maximum Gasteiger partial charge on any atom is 0.246 e. The molecule has 1 saturated heterocycles. The van der Waals surface area contributed by atoms with Crippen LogP contribution in [0.1, 0.15) is 66.2 Å². The van der Waals surface area contributed by atoms with E-state index < -0.39 is 5.54 Å². The highest BCUT2D eigenvalue weighted by Crippen LogP contribution is 2.32. The van der Waals surface area contributed by atoms with Crippen LogP contribution in [-0.4, -0.2) is 34.3 Å². The van der Waals surface area contributed by atoms with Gasteiger partial charge in [0, 0.05) is 6.04 Å². The van der Waals surface area contributed by atoms with Crippen molar-refractivity contribution in [2.75, 3.05) is 0 Å². The Balaban J connectivity index is 2.23. The van der Waals surface area contributed by atoms with Gasteiger partial charge in [-0.1, -0.05) is 33.1 Å². The van der Waals surface area contributed by atoms with Gasteiger partial charge >= 0.3 is 0 Å². The van der Waals surface area contributed by atoms with Gasteiger partial charge in [0.25, 0.3) is 0 Å². The number of amides is 2. The molecule has 2 fully saturated rings. The third-order valence-electron chi connectivity index (χ3n) is 4.65. The van der Waals surface area contributed by atoms with Crippen LogP contribution in [0.4, 0.5) is 0 Å². The van der Waals surface area contributed by atoms with Crippen molar-refractivity contribution < 1.29 is 9.59 Å². The fourth-order valence-corrected chi connectivity index (χ4v) is 3.56. The minimum absolute atomic E-state index is 0.00618. The van der Waals surface area contributed by atoms with Crippen LogP contribution >= 0.6 is 0 Å². The molecule has 0 radical (unpaired) electrons. The van der Waals surface area contributed by atoms with Gasteiger partial charge in [-0.25, -0.2) is 0 Å². The standard InChI is InChI=1S/C16H28N2O2/c1-11(2)10-13-14(19)18(12-8-6-5-7-9-12)16(3,4)15(20)17-13/h11-13H,5-10H2,1-4H3,(H,17,20). The van der Waals surface area contributed by atoms with Gasteiger partial charge in [0.05, 0.1) is 0 Å². The van der Waals surface area contributed by atoms with Gasteiger partial charge in [-0.05, 0) is 39.0 Å². The molecular weight excluding hydrogens is 252 g/mol. The number of hydrogen-bond donors (Lipinski definition) is 1. The summed E-state index contributed by atoms with van der Waals surface area (Å²) in [6.45, 7) is 7.93. The van der Waals surface area contributed by atoms with Crippen LogP contribution in [0.5, 0.6) is 0 Å². The number of nitrogens with one attached hydrogen (secondary N) is 1. The smallest absolute Gasteiger partial charge is 0.246 e. The zero-order valence-corrected chi connectivity index (χ0v) is 13.2. The van der Waals surface area contributed by atoms with E-state index in [1.165, 1.54) is 19.3 Å². The van der Waals surface area contributed by atoms with E-state index in [1.54, 1.807) is 0 Å². The molecule has 20 heavy (non-hydrogen) atoms. The van der Waals surface area contributed by atoms with Gasteiger partial charge in [0.2, 0.25) is 11.8 Å². The van der Waals surface area contributed by atoms with E-state index in [2.05, 4.69) is 19.2 Å². The largest absolute Gasteiger partial charge is 0.342 e. The number of carbonyl (C=O) groups excluding carboxylic acids is 2. The number of hydrogen-bond acceptors (Lipinski definition) is 2. The van der Waals surface area contributed by atoms with Crippen LogP contribution in [0.25, 0.3) is 0 Å². The van der Waals surface area contributed by atoms with Gasteiger partial charge in [0.1, 0.15) is 11.6 Å². The minimum atomic E-state index is -0.716. The molecule has 0 aromatic carbocycles. The second kappa shape index (κ2) is 5.74. The molecular formula is C16H28N2O2. The molecule has 114 valence electrons. The van der Waals surface area contributed by atoms with Crippen molar-refractivity contribution in [3.05, 3.63) is 0 Å². The van der Waals surface area contributed by atoms with Crippen molar-refractivity contribution in [2.45, 2.75) is 83.8 Å². The summed E-state index contributed by atoms with van der Waals surface area (Å²) >= 11 is 0. The first kappa shape index (κ1) is 15.3. The fraction of sp³-hybridized carbons (Fsp3) is 0.875. The Morgan fingerprint density at radius 2 is 1.80 bits per heavy atom. The molecule has 0 aromatic rings. The predicted octanol–water partition coefficient (Wildman–Crippen LogP) is 2.47. The minimum Gasteiger partial charge on any atom is -0.342 e. The van der Waals surface area contributed by atoms with Gasteiger partial charge in [0.15, 0.2) is 0 Å². The van der Waals surface area contributed by atoms with Crippen LogP contribution in [0.2, 0.25) is 0 Å². The summed E-state index contributed by atoms with van der Waals surface area (Å²) < 4.78 is 0. The summed E-state index contributed by atoms with van der Waals surface area (Å²) in [5.41, 5.74) is -0.716. The Kier molecular flexibility index (Phi) is 4.40. The first-order valence-corrected chi connectivity index (χ1v) is 7.98. The van der Waals surface area contributed by atoms with E-state index in [0.717, 1.165) is 19.3 Å². The molecule has 2 aliphatic rings. The van der Waals surface area contributed by atoms with Crippen LogP contribution < -0.4 is 5.32 Å². The molecule has 1 saturated carbocycles. The van der Waals surface area contributed by atoms with E-state index >= 15 is 0 Å². The third-order valence-corrected chi connectivity index (χ3v) is 4.65. The molecule has 2 amide bonds. The molecule has 1 N–H and O–H groups in total. The van der Waals surface area contributed by atoms with Crippen molar-refractivity contribution in [1.82, 2.24) is 10.2 Å². The molecule has 4 heteroatoms. The van der Waals surface area contributed by atoms with Crippen LogP contribution in [0, 0.1) is 5.92 Å². The summed E-state index contributed by atoms with van der Waals surface area (Å²) in [7, 11) is 0. The average Bonchev–Trinajstić information content (AvgIpc) is 2.37. The lowest BCUT2D eigenvalue weighted by molar-refractivity contribution is -0.160. The highest BCUT2D eigenvalue weighted by molar-refractivity contribution is 5.99. The Labute approximate surface area is 122 Å². The van der Waals surface area contributed by atoms with Gasteiger partial charge in [-0.15, -0.1) is 0 Å². The second-order valence-corrected chi connectivity index (χ2v) is 7.21. The number of carbonyl (C=O) groups is 2. The van der Waals surface area contributed by atoms with Crippen molar-refractivity contribution in [3.63, 3.8) is 0 Å². The van der Waals surface area contributed by atoms with E-state index in [4.69, 9.17) is 0 Å². The molecule has 1 aliphatic heterocycles. The van der Waals surface area contributed by atoms with Gasteiger partial charge in [-0.2, -0.15) is 0 Å². The highest BCUT2D eigenvalue weighted by atomic mass is 16.2. The van der Waals surface area contributed by atoms with Crippen molar-refractivity contribution in [2.24, 2.45) is 5.92 Å². The average molecular weight is 280 g/mol. The molecule has 1 atom stereocenters. The predicted molar refractivity (Wildman–Crippen MR) is 79.2 cm³/mol. The number of rotatable bonds is 3. The molecule has 1 heterocycles. The van der Waals surface area contributed by atoms with E-state index in [0.29, 0.717) is 5.92 Å². The zero-order valence-electron chi connectivity index (χ0n) is 13.2. The van der Waals surface area contributed by atoms with E-state index in [9.17, 15) is 9.59 Å². The van der Waals surface area contributed by atoms with Crippen molar-refractivity contribution in [1.29, 1.82) is 0 Å². The second-order valence-electron chi connectivity index (χ2n) is 7.21. The van der Waals surface area contributed by atoms with Gasteiger partial charge < -0.3 is 10.2 Å². The van der Waals surface area contributed by atoms with Crippen LogP contribution in [0.15, 0.2) is 0 Å². The topological polar surface area (TPSA) is 49.4 Å². The fourth-order valence-electron chi connectivity index (χ4n) is 3.56. The Bertz CT molecular complexity index is 384. The lowest BCUT2D eigenvalue weighted by atomic mass is 9.86. The van der Waals surface area contributed by atoms with Crippen molar-refractivity contribution in [3.8, 4) is 0 Å². The Morgan fingerprint density at radius 1 is 1.20 bits per heavy atom. The normalized spacial score (nSPS) is 27.9. The van der Waals surface area contributed by atoms with Crippen molar-refractivity contribution >= 4 is 11.8 Å². The van der Waals surface area contributed by atoms with Crippen LogP contribution in [-0.2, 0) is 9.59 Å². The van der Waals surface area contributed by atoms with E-state index in [1.807, 2.05) is 18.7 Å².